The fourth-order valence-electron chi connectivity index (χ4n) is 1.87. The van der Waals surface area contributed by atoms with Crippen LogP contribution in [0.4, 0.5) is 5.69 Å². The maximum Gasteiger partial charge on any atom is 0.272 e. The highest BCUT2D eigenvalue weighted by Crippen LogP contribution is 2.28. The SMILES string of the molecule is CCC(N)Cc1nc(-c2ccc(C)c([N+](=O)[O-])c2)cs1. The van der Waals surface area contributed by atoms with E-state index in [4.69, 9.17) is 5.73 Å². The first-order valence-corrected chi connectivity index (χ1v) is 7.34. The van der Waals surface area contributed by atoms with E-state index in [2.05, 4.69) is 4.98 Å². The van der Waals surface area contributed by atoms with Gasteiger partial charge in [-0.3, -0.25) is 10.1 Å². The molecule has 0 amide bonds. The van der Waals surface area contributed by atoms with E-state index in [0.717, 1.165) is 29.1 Å². The maximum absolute atomic E-state index is 11.0. The number of hydrogen-bond donors (Lipinski definition) is 1. The molecule has 0 radical (unpaired) electrons. The molecule has 5 nitrogen and oxygen atoms in total. The van der Waals surface area contributed by atoms with Crippen molar-refractivity contribution in [3.8, 4) is 11.3 Å². The minimum absolute atomic E-state index is 0.112. The van der Waals surface area contributed by atoms with Crippen molar-refractivity contribution < 1.29 is 4.92 Å². The van der Waals surface area contributed by atoms with Crippen LogP contribution in [-0.4, -0.2) is 15.9 Å². The summed E-state index contributed by atoms with van der Waals surface area (Å²) in [6.07, 6.45) is 1.65. The summed E-state index contributed by atoms with van der Waals surface area (Å²) in [5.41, 5.74) is 8.24. The van der Waals surface area contributed by atoms with Crippen LogP contribution < -0.4 is 5.73 Å². The highest BCUT2D eigenvalue weighted by atomic mass is 32.1. The van der Waals surface area contributed by atoms with Crippen molar-refractivity contribution >= 4 is 17.0 Å². The fraction of sp³-hybridized carbons (Fsp3) is 0.357. The second kappa shape index (κ2) is 6.11. The monoisotopic (exact) mass is 291 g/mol. The maximum atomic E-state index is 11.0. The molecule has 2 rings (SSSR count). The molecule has 2 N–H and O–H groups in total. The van der Waals surface area contributed by atoms with Crippen LogP contribution in [0.1, 0.15) is 23.9 Å². The molecule has 0 aliphatic rings. The molecule has 1 atom stereocenters. The quantitative estimate of drug-likeness (QED) is 0.676. The van der Waals surface area contributed by atoms with Crippen LogP contribution in [0.25, 0.3) is 11.3 Å². The number of nitrogens with two attached hydrogens (primary N) is 1. The number of aromatic nitrogens is 1. The largest absolute Gasteiger partial charge is 0.327 e. The molecule has 0 spiro atoms. The molecule has 1 heterocycles. The zero-order valence-electron chi connectivity index (χ0n) is 11.5. The van der Waals surface area contributed by atoms with Gasteiger partial charge in [-0.1, -0.05) is 19.1 Å². The van der Waals surface area contributed by atoms with Crippen LogP contribution in [0.5, 0.6) is 0 Å². The molecule has 1 aromatic heterocycles. The Morgan fingerprint density at radius 1 is 1.50 bits per heavy atom. The Kier molecular flexibility index (Phi) is 4.46. The van der Waals surface area contributed by atoms with Gasteiger partial charge in [-0.05, 0) is 13.3 Å². The lowest BCUT2D eigenvalue weighted by Crippen LogP contribution is -2.21. The van der Waals surface area contributed by atoms with Crippen LogP contribution in [-0.2, 0) is 6.42 Å². The predicted molar refractivity (Wildman–Crippen MR) is 80.9 cm³/mol. The summed E-state index contributed by atoms with van der Waals surface area (Å²) in [5.74, 6) is 0. The number of thiazole rings is 1. The van der Waals surface area contributed by atoms with Crippen molar-refractivity contribution in [3.05, 3.63) is 44.3 Å². The second-order valence-corrected chi connectivity index (χ2v) is 5.70. The second-order valence-electron chi connectivity index (χ2n) is 4.76. The van der Waals surface area contributed by atoms with Crippen molar-refractivity contribution in [1.82, 2.24) is 4.98 Å². The van der Waals surface area contributed by atoms with Gasteiger partial charge in [0.2, 0.25) is 0 Å². The predicted octanol–water partition coefficient (Wildman–Crippen LogP) is 3.31. The lowest BCUT2D eigenvalue weighted by atomic mass is 10.1. The summed E-state index contributed by atoms with van der Waals surface area (Å²) in [6.45, 7) is 3.77. The zero-order valence-corrected chi connectivity index (χ0v) is 12.3. The van der Waals surface area contributed by atoms with Gasteiger partial charge in [0.05, 0.1) is 15.6 Å². The molecular weight excluding hydrogens is 274 g/mol. The average molecular weight is 291 g/mol. The van der Waals surface area contributed by atoms with E-state index < -0.39 is 0 Å². The zero-order chi connectivity index (χ0) is 14.7. The van der Waals surface area contributed by atoms with Gasteiger partial charge in [-0.15, -0.1) is 11.3 Å². The summed E-state index contributed by atoms with van der Waals surface area (Å²) in [5, 5.41) is 13.9. The van der Waals surface area contributed by atoms with Gasteiger partial charge in [0.1, 0.15) is 0 Å². The van der Waals surface area contributed by atoms with Crippen molar-refractivity contribution in [2.45, 2.75) is 32.7 Å². The van der Waals surface area contributed by atoms with Crippen LogP contribution in [0.3, 0.4) is 0 Å². The number of benzene rings is 1. The lowest BCUT2D eigenvalue weighted by Gasteiger charge is -2.04. The number of hydrogen-bond acceptors (Lipinski definition) is 5. The van der Waals surface area contributed by atoms with E-state index in [1.807, 2.05) is 18.4 Å². The Labute approximate surface area is 121 Å². The van der Waals surface area contributed by atoms with E-state index in [-0.39, 0.29) is 16.7 Å². The van der Waals surface area contributed by atoms with Crippen molar-refractivity contribution in [2.24, 2.45) is 5.73 Å². The molecule has 2 aromatic rings. The Bertz CT molecular complexity index is 625. The van der Waals surface area contributed by atoms with Gasteiger partial charge in [0, 0.05) is 35.0 Å². The van der Waals surface area contributed by atoms with Gasteiger partial charge in [0.25, 0.3) is 5.69 Å². The summed E-state index contributed by atoms with van der Waals surface area (Å²) in [6, 6.07) is 5.31. The summed E-state index contributed by atoms with van der Waals surface area (Å²) < 4.78 is 0. The third-order valence-electron chi connectivity index (χ3n) is 3.21. The first-order valence-electron chi connectivity index (χ1n) is 6.46. The molecule has 0 aliphatic carbocycles. The normalized spacial score (nSPS) is 12.3. The van der Waals surface area contributed by atoms with Gasteiger partial charge in [0.15, 0.2) is 0 Å². The van der Waals surface area contributed by atoms with E-state index >= 15 is 0 Å². The summed E-state index contributed by atoms with van der Waals surface area (Å²) in [4.78, 5) is 15.1. The Balaban J connectivity index is 2.28. The number of nitro benzene ring substituents is 1. The van der Waals surface area contributed by atoms with Crippen molar-refractivity contribution in [1.29, 1.82) is 0 Å². The number of aryl methyl sites for hydroxylation is 1. The third-order valence-corrected chi connectivity index (χ3v) is 4.09. The fourth-order valence-corrected chi connectivity index (χ4v) is 2.77. The van der Waals surface area contributed by atoms with Crippen molar-refractivity contribution in [2.75, 3.05) is 0 Å². The minimum atomic E-state index is -0.362. The van der Waals surface area contributed by atoms with Gasteiger partial charge < -0.3 is 5.73 Å². The van der Waals surface area contributed by atoms with E-state index in [0.29, 0.717) is 5.56 Å². The molecule has 1 unspecified atom stereocenters. The van der Waals surface area contributed by atoms with Crippen LogP contribution in [0, 0.1) is 17.0 Å². The first kappa shape index (κ1) is 14.6. The molecule has 0 saturated heterocycles. The number of nitro groups is 1. The minimum Gasteiger partial charge on any atom is -0.327 e. The molecule has 6 heteroatoms. The number of rotatable bonds is 5. The molecule has 0 saturated carbocycles. The highest BCUT2D eigenvalue weighted by Gasteiger charge is 2.14. The van der Waals surface area contributed by atoms with Gasteiger partial charge >= 0.3 is 0 Å². The summed E-state index contributed by atoms with van der Waals surface area (Å²) in [7, 11) is 0. The first-order chi connectivity index (χ1) is 9.51. The van der Waals surface area contributed by atoms with Crippen LogP contribution >= 0.6 is 11.3 Å². The van der Waals surface area contributed by atoms with Crippen LogP contribution in [0.2, 0.25) is 0 Å². The Hall–Kier alpha value is -1.79. The van der Waals surface area contributed by atoms with E-state index in [1.54, 1.807) is 30.4 Å². The van der Waals surface area contributed by atoms with E-state index in [1.165, 1.54) is 0 Å². The lowest BCUT2D eigenvalue weighted by molar-refractivity contribution is -0.385. The number of nitrogens with zero attached hydrogens (tertiary/aromatic N) is 2. The Morgan fingerprint density at radius 2 is 2.25 bits per heavy atom. The van der Waals surface area contributed by atoms with Crippen molar-refractivity contribution in [3.63, 3.8) is 0 Å². The van der Waals surface area contributed by atoms with E-state index in [9.17, 15) is 10.1 Å². The Morgan fingerprint density at radius 3 is 2.90 bits per heavy atom. The smallest absolute Gasteiger partial charge is 0.272 e. The van der Waals surface area contributed by atoms with Crippen LogP contribution in [0.15, 0.2) is 23.6 Å². The third kappa shape index (κ3) is 3.20. The van der Waals surface area contributed by atoms with Gasteiger partial charge in [-0.25, -0.2) is 4.98 Å². The average Bonchev–Trinajstić information content (AvgIpc) is 2.87. The van der Waals surface area contributed by atoms with Gasteiger partial charge in [-0.2, -0.15) is 0 Å². The molecule has 0 bridgehead atoms. The molecule has 106 valence electrons. The topological polar surface area (TPSA) is 82.0 Å². The summed E-state index contributed by atoms with van der Waals surface area (Å²) >= 11 is 1.55. The molecule has 20 heavy (non-hydrogen) atoms. The molecule has 1 aromatic carbocycles. The molecule has 0 aliphatic heterocycles. The molecule has 0 fully saturated rings. The molecular formula is C14H17N3O2S. The standard InChI is InChI=1S/C14H17N3O2S/c1-3-11(15)7-14-16-12(8-20-14)10-5-4-9(2)13(6-10)17(18)19/h4-6,8,11H,3,7,15H2,1-2H3. The highest BCUT2D eigenvalue weighted by molar-refractivity contribution is 7.09.